The third-order valence-corrected chi connectivity index (χ3v) is 3.03. The van der Waals surface area contributed by atoms with Gasteiger partial charge < -0.3 is 14.8 Å². The van der Waals surface area contributed by atoms with Gasteiger partial charge in [-0.25, -0.2) is 0 Å². The van der Waals surface area contributed by atoms with E-state index in [2.05, 4.69) is 23.7 Å². The number of aliphatic hydroxyl groups is 1. The van der Waals surface area contributed by atoms with Crippen molar-refractivity contribution >= 4 is 12.6 Å². The number of pyridine rings is 1. The molecule has 1 aromatic carbocycles. The van der Waals surface area contributed by atoms with Crippen LogP contribution in [0, 0.1) is 6.07 Å². The molecule has 0 spiro atoms. The Balaban J connectivity index is 0.00000180. The molecule has 2 rings (SSSR count). The van der Waals surface area contributed by atoms with E-state index < -0.39 is 0 Å². The zero-order valence-corrected chi connectivity index (χ0v) is 12.9. The van der Waals surface area contributed by atoms with Crippen LogP contribution in [0.25, 0.3) is 11.3 Å². The molecule has 0 bridgehead atoms. The summed E-state index contributed by atoms with van der Waals surface area (Å²) >= 11 is 4.24. The van der Waals surface area contributed by atoms with E-state index in [0.29, 0.717) is 11.5 Å². The first kappa shape index (κ1) is 16.2. The Morgan fingerprint density at radius 3 is 2.84 bits per heavy atom. The van der Waals surface area contributed by atoms with E-state index in [4.69, 9.17) is 4.74 Å². The molecule has 0 saturated heterocycles. The molecule has 2 aromatic rings. The number of nitrogens with zero attached hydrogens (tertiary/aromatic N) is 1. The van der Waals surface area contributed by atoms with E-state index in [1.807, 2.05) is 12.1 Å². The number of aromatic nitrogens is 1. The van der Waals surface area contributed by atoms with Crippen LogP contribution in [0.1, 0.15) is 11.1 Å². The molecular formula is C14H14NO2RhS-. The van der Waals surface area contributed by atoms with Gasteiger partial charge in [0, 0.05) is 43.8 Å². The van der Waals surface area contributed by atoms with Crippen molar-refractivity contribution in [3.63, 3.8) is 0 Å². The van der Waals surface area contributed by atoms with E-state index in [0.717, 1.165) is 22.4 Å². The van der Waals surface area contributed by atoms with Crippen LogP contribution >= 0.6 is 12.6 Å². The number of methoxy groups -OCH3 is 1. The molecule has 0 atom stereocenters. The number of benzene rings is 1. The molecule has 0 saturated carbocycles. The van der Waals surface area contributed by atoms with Gasteiger partial charge in [-0.2, -0.15) is 12.6 Å². The molecule has 103 valence electrons. The Bertz CT molecular complexity index is 549. The SMILES string of the molecule is COc1c[c-]c(-c2cc(CS)ccn2)c(CO)c1.[Rh]. The standard InChI is InChI=1S/C14H14NO2S.Rh/c1-17-12-2-3-13(11(7-12)8-16)14-6-10(9-18)4-5-15-14;/h2,4-7,16,18H,8-9H2,1H3;/q-1;. The van der Waals surface area contributed by atoms with Crippen molar-refractivity contribution in [1.29, 1.82) is 0 Å². The first-order valence-corrected chi connectivity index (χ1v) is 6.17. The third kappa shape index (κ3) is 3.79. The minimum Gasteiger partial charge on any atom is -0.540 e. The number of aliphatic hydroxyl groups excluding tert-OH is 1. The van der Waals surface area contributed by atoms with Gasteiger partial charge in [-0.1, -0.05) is 17.7 Å². The first-order chi connectivity index (χ1) is 8.78. The molecule has 1 aromatic heterocycles. The summed E-state index contributed by atoms with van der Waals surface area (Å²) in [5.41, 5.74) is 3.41. The van der Waals surface area contributed by atoms with Crippen LogP contribution in [-0.4, -0.2) is 17.2 Å². The fourth-order valence-electron chi connectivity index (χ4n) is 1.71. The smallest absolute Gasteiger partial charge is 0.0647 e. The van der Waals surface area contributed by atoms with Gasteiger partial charge in [0.05, 0.1) is 7.11 Å². The van der Waals surface area contributed by atoms with Gasteiger partial charge in [0.1, 0.15) is 0 Å². The predicted octanol–water partition coefficient (Wildman–Crippen LogP) is 2.48. The molecule has 0 amide bonds. The largest absolute Gasteiger partial charge is 0.540 e. The Morgan fingerprint density at radius 2 is 2.21 bits per heavy atom. The van der Waals surface area contributed by atoms with Gasteiger partial charge in [0.25, 0.3) is 0 Å². The van der Waals surface area contributed by atoms with Crippen LogP contribution in [-0.2, 0) is 31.8 Å². The van der Waals surface area contributed by atoms with Gasteiger partial charge in [-0.3, -0.25) is 0 Å². The molecule has 19 heavy (non-hydrogen) atoms. The quantitative estimate of drug-likeness (QED) is 0.498. The van der Waals surface area contributed by atoms with E-state index in [1.54, 1.807) is 25.4 Å². The summed E-state index contributed by atoms with van der Waals surface area (Å²) in [6.07, 6.45) is 1.74. The second kappa shape index (κ2) is 7.63. The van der Waals surface area contributed by atoms with Crippen LogP contribution < -0.4 is 4.74 Å². The van der Waals surface area contributed by atoms with Gasteiger partial charge in [-0.05, 0) is 17.3 Å². The van der Waals surface area contributed by atoms with Gasteiger partial charge in [-0.15, -0.1) is 17.7 Å². The summed E-state index contributed by atoms with van der Waals surface area (Å²) < 4.78 is 5.12. The van der Waals surface area contributed by atoms with Crippen LogP contribution in [0.15, 0.2) is 30.5 Å². The molecule has 3 nitrogen and oxygen atoms in total. The van der Waals surface area contributed by atoms with Gasteiger partial charge in [0.15, 0.2) is 0 Å². The van der Waals surface area contributed by atoms with Gasteiger partial charge >= 0.3 is 0 Å². The molecule has 0 aliphatic carbocycles. The monoisotopic (exact) mass is 363 g/mol. The third-order valence-electron chi connectivity index (χ3n) is 2.67. The first-order valence-electron chi connectivity index (χ1n) is 5.54. The van der Waals surface area contributed by atoms with Gasteiger partial charge in [0.2, 0.25) is 0 Å². The van der Waals surface area contributed by atoms with E-state index >= 15 is 0 Å². The zero-order chi connectivity index (χ0) is 13.0. The summed E-state index contributed by atoms with van der Waals surface area (Å²) in [7, 11) is 1.59. The van der Waals surface area contributed by atoms with Crippen LogP contribution in [0.5, 0.6) is 5.75 Å². The number of hydrogen-bond acceptors (Lipinski definition) is 4. The molecule has 0 unspecified atom stereocenters. The Morgan fingerprint density at radius 1 is 1.42 bits per heavy atom. The van der Waals surface area contributed by atoms with Crippen molar-refractivity contribution in [2.75, 3.05) is 7.11 Å². The molecule has 5 heteroatoms. The number of thiol groups is 1. The van der Waals surface area contributed by atoms with E-state index in [-0.39, 0.29) is 26.1 Å². The predicted molar refractivity (Wildman–Crippen MR) is 73.7 cm³/mol. The fourth-order valence-corrected chi connectivity index (χ4v) is 1.91. The van der Waals surface area contributed by atoms with Crippen molar-refractivity contribution in [2.24, 2.45) is 0 Å². The molecule has 0 aliphatic rings. The maximum Gasteiger partial charge on any atom is 0.0647 e. The normalized spacial score (nSPS) is 9.84. The second-order valence-corrected chi connectivity index (χ2v) is 4.12. The maximum absolute atomic E-state index is 9.41. The van der Waals surface area contributed by atoms with Crippen molar-refractivity contribution < 1.29 is 29.3 Å². The molecule has 1 N–H and O–H groups in total. The minimum atomic E-state index is -0.0736. The summed E-state index contributed by atoms with van der Waals surface area (Å²) in [5, 5.41) is 9.41. The van der Waals surface area contributed by atoms with Crippen LogP contribution in [0.2, 0.25) is 0 Å². The van der Waals surface area contributed by atoms with Crippen molar-refractivity contribution in [2.45, 2.75) is 12.4 Å². The molecule has 1 radical (unpaired) electrons. The van der Waals surface area contributed by atoms with Crippen molar-refractivity contribution in [3.05, 3.63) is 47.7 Å². The van der Waals surface area contributed by atoms with Crippen molar-refractivity contribution in [3.8, 4) is 17.0 Å². The molecular weight excluding hydrogens is 349 g/mol. The number of ether oxygens (including phenoxy) is 1. The Labute approximate surface area is 131 Å². The molecule has 0 aliphatic heterocycles. The molecule has 1 heterocycles. The van der Waals surface area contributed by atoms with Crippen molar-refractivity contribution in [1.82, 2.24) is 4.98 Å². The number of rotatable bonds is 4. The van der Waals surface area contributed by atoms with Crippen LogP contribution in [0.4, 0.5) is 0 Å². The fraction of sp³-hybridized carbons (Fsp3) is 0.214. The van der Waals surface area contributed by atoms with Crippen LogP contribution in [0.3, 0.4) is 0 Å². The number of hydrogen-bond donors (Lipinski definition) is 2. The second-order valence-electron chi connectivity index (χ2n) is 3.81. The summed E-state index contributed by atoms with van der Waals surface area (Å²) in [6.45, 7) is -0.0736. The van der Waals surface area contributed by atoms with E-state index in [1.165, 1.54) is 0 Å². The molecule has 0 fully saturated rings. The summed E-state index contributed by atoms with van der Waals surface area (Å²) in [6, 6.07) is 10.5. The summed E-state index contributed by atoms with van der Waals surface area (Å²) in [4.78, 5) is 4.30. The van der Waals surface area contributed by atoms with E-state index in [9.17, 15) is 5.11 Å². The summed E-state index contributed by atoms with van der Waals surface area (Å²) in [5.74, 6) is 1.33. The minimum absolute atomic E-state index is 0. The topological polar surface area (TPSA) is 42.4 Å². The average molecular weight is 363 g/mol. The average Bonchev–Trinajstić information content (AvgIpc) is 2.46. The Hall–Kier alpha value is -0.897. The zero-order valence-electron chi connectivity index (χ0n) is 10.4. The maximum atomic E-state index is 9.41. The Kier molecular flexibility index (Phi) is 6.49.